The number of benzene rings is 2. The zero-order chi connectivity index (χ0) is 19.1. The van der Waals surface area contributed by atoms with Gasteiger partial charge in [-0.25, -0.2) is 4.99 Å². The van der Waals surface area contributed by atoms with Crippen molar-refractivity contribution in [2.75, 3.05) is 6.54 Å². The zero-order valence-electron chi connectivity index (χ0n) is 15.4. The van der Waals surface area contributed by atoms with Gasteiger partial charge in [0.25, 0.3) is 0 Å². The first kappa shape index (κ1) is 21.9. The number of hydrogen-bond donors (Lipinski definition) is 3. The largest absolute Gasteiger partial charge is 0.434 e. The van der Waals surface area contributed by atoms with Crippen molar-refractivity contribution in [3.05, 3.63) is 65.9 Å². The average Bonchev–Trinajstić information content (AvgIpc) is 3.07. The van der Waals surface area contributed by atoms with Crippen LogP contribution in [0.3, 0.4) is 0 Å². The molecule has 3 N–H and O–H groups in total. The Bertz CT molecular complexity index is 881. The summed E-state index contributed by atoms with van der Waals surface area (Å²) in [6.07, 6.45) is 0. The highest BCUT2D eigenvalue weighted by Crippen LogP contribution is 2.21. The van der Waals surface area contributed by atoms with Gasteiger partial charge in [0.2, 0.25) is 0 Å². The second-order valence-corrected chi connectivity index (χ2v) is 5.92. The Morgan fingerprint density at radius 2 is 1.86 bits per heavy atom. The number of nitrogens with one attached hydrogen (secondary N) is 3. The monoisotopic (exact) mass is 500 g/mol. The summed E-state index contributed by atoms with van der Waals surface area (Å²) in [4.78, 5) is 7.83. The minimum absolute atomic E-state index is 0. The first-order valence-electron chi connectivity index (χ1n) is 8.77. The van der Waals surface area contributed by atoms with Crippen LogP contribution < -0.4 is 15.4 Å². The maximum absolute atomic E-state index is 12.5. The number of halogens is 3. The Morgan fingerprint density at radius 1 is 1.11 bits per heavy atom. The second kappa shape index (κ2) is 10.8. The van der Waals surface area contributed by atoms with E-state index in [-0.39, 0.29) is 36.3 Å². The standard InChI is InChI=1S/C20H22F2N4O.HI/c1-2-23-20(24-12-15-8-4-6-10-18(15)27-19(21)22)25-13-16-11-14-7-3-5-9-17(14)26-16;/h3-11,19,26H,2,12-13H2,1H3,(H2,23,24,25);1H. The molecule has 0 spiro atoms. The lowest BCUT2D eigenvalue weighted by molar-refractivity contribution is -0.0504. The first-order chi connectivity index (χ1) is 13.2. The highest BCUT2D eigenvalue weighted by atomic mass is 127. The molecule has 0 aliphatic rings. The minimum Gasteiger partial charge on any atom is -0.434 e. The van der Waals surface area contributed by atoms with E-state index in [4.69, 9.17) is 0 Å². The van der Waals surface area contributed by atoms with E-state index >= 15 is 0 Å². The third-order valence-corrected chi connectivity index (χ3v) is 3.97. The molecule has 2 aromatic carbocycles. The second-order valence-electron chi connectivity index (χ2n) is 5.92. The lowest BCUT2D eigenvalue weighted by Crippen LogP contribution is -2.36. The smallest absolute Gasteiger partial charge is 0.387 e. The molecule has 0 unspecified atom stereocenters. The Kier molecular flexibility index (Phi) is 8.49. The molecule has 5 nitrogen and oxygen atoms in total. The van der Waals surface area contributed by atoms with Crippen LogP contribution in [-0.4, -0.2) is 24.1 Å². The normalized spacial score (nSPS) is 11.4. The molecule has 0 bridgehead atoms. The number of ether oxygens (including phenoxy) is 1. The van der Waals surface area contributed by atoms with Gasteiger partial charge < -0.3 is 20.4 Å². The summed E-state index contributed by atoms with van der Waals surface area (Å²) in [6, 6.07) is 16.8. The van der Waals surface area contributed by atoms with Gasteiger partial charge in [-0.15, -0.1) is 24.0 Å². The van der Waals surface area contributed by atoms with Crippen molar-refractivity contribution in [2.24, 2.45) is 4.99 Å². The highest BCUT2D eigenvalue weighted by molar-refractivity contribution is 14.0. The number of nitrogens with zero attached hydrogens (tertiary/aromatic N) is 1. The molecule has 0 atom stereocenters. The fraction of sp³-hybridized carbons (Fsp3) is 0.250. The summed E-state index contributed by atoms with van der Waals surface area (Å²) in [6.45, 7) is 0.589. The van der Waals surface area contributed by atoms with Gasteiger partial charge in [0.05, 0.1) is 13.1 Å². The van der Waals surface area contributed by atoms with Crippen LogP contribution in [0.2, 0.25) is 0 Å². The molecular weight excluding hydrogens is 477 g/mol. The number of fused-ring (bicyclic) bond motifs is 1. The molecule has 0 saturated carbocycles. The number of aromatic amines is 1. The molecule has 0 saturated heterocycles. The molecule has 8 heteroatoms. The number of guanidine groups is 1. The average molecular weight is 500 g/mol. The Labute approximate surface area is 179 Å². The Morgan fingerprint density at radius 3 is 2.61 bits per heavy atom. The Balaban J connectivity index is 0.00000280. The summed E-state index contributed by atoms with van der Waals surface area (Å²) in [5.41, 5.74) is 2.71. The van der Waals surface area contributed by atoms with Crippen LogP contribution in [0.4, 0.5) is 8.78 Å². The molecule has 1 aromatic heterocycles. The van der Waals surface area contributed by atoms with Crippen LogP contribution >= 0.6 is 24.0 Å². The van der Waals surface area contributed by atoms with E-state index in [1.165, 1.54) is 6.07 Å². The van der Waals surface area contributed by atoms with E-state index in [0.29, 0.717) is 24.6 Å². The van der Waals surface area contributed by atoms with Crippen molar-refractivity contribution in [1.29, 1.82) is 0 Å². The maximum atomic E-state index is 12.5. The Hall–Kier alpha value is -2.36. The minimum atomic E-state index is -2.86. The van der Waals surface area contributed by atoms with Crippen LogP contribution in [0.15, 0.2) is 59.6 Å². The molecule has 0 fully saturated rings. The van der Waals surface area contributed by atoms with Crippen LogP contribution in [0, 0.1) is 0 Å². The molecule has 0 radical (unpaired) electrons. The van der Waals surface area contributed by atoms with Crippen molar-refractivity contribution in [3.63, 3.8) is 0 Å². The van der Waals surface area contributed by atoms with Crippen molar-refractivity contribution >= 4 is 40.8 Å². The van der Waals surface area contributed by atoms with E-state index in [9.17, 15) is 8.78 Å². The van der Waals surface area contributed by atoms with Gasteiger partial charge in [-0.3, -0.25) is 0 Å². The lowest BCUT2D eigenvalue weighted by Gasteiger charge is -2.12. The van der Waals surface area contributed by atoms with Gasteiger partial charge in [-0.1, -0.05) is 36.4 Å². The fourth-order valence-electron chi connectivity index (χ4n) is 2.76. The predicted molar refractivity (Wildman–Crippen MR) is 118 cm³/mol. The first-order valence-corrected chi connectivity index (χ1v) is 8.77. The molecule has 150 valence electrons. The number of aromatic nitrogens is 1. The summed E-state index contributed by atoms with van der Waals surface area (Å²) in [7, 11) is 0. The number of aliphatic imine (C=N–C) groups is 1. The third kappa shape index (κ3) is 6.08. The van der Waals surface area contributed by atoms with Crippen LogP contribution in [-0.2, 0) is 13.1 Å². The quantitative estimate of drug-likeness (QED) is 0.252. The molecule has 3 aromatic rings. The lowest BCUT2D eigenvalue weighted by atomic mass is 10.2. The number of hydrogen-bond acceptors (Lipinski definition) is 2. The van der Waals surface area contributed by atoms with E-state index in [1.807, 2.05) is 25.1 Å². The zero-order valence-corrected chi connectivity index (χ0v) is 17.7. The van der Waals surface area contributed by atoms with Gasteiger partial charge in [0.1, 0.15) is 5.75 Å². The number of rotatable bonds is 7. The molecule has 3 rings (SSSR count). The maximum Gasteiger partial charge on any atom is 0.387 e. The topological polar surface area (TPSA) is 61.4 Å². The summed E-state index contributed by atoms with van der Waals surface area (Å²) >= 11 is 0. The van der Waals surface area contributed by atoms with E-state index in [2.05, 4.69) is 37.5 Å². The van der Waals surface area contributed by atoms with Gasteiger partial charge in [0, 0.05) is 23.3 Å². The van der Waals surface area contributed by atoms with Crippen molar-refractivity contribution in [2.45, 2.75) is 26.6 Å². The fourth-order valence-corrected chi connectivity index (χ4v) is 2.76. The molecule has 0 aliphatic heterocycles. The van der Waals surface area contributed by atoms with Crippen molar-refractivity contribution in [1.82, 2.24) is 15.6 Å². The molecule has 0 amide bonds. The van der Waals surface area contributed by atoms with Crippen molar-refractivity contribution < 1.29 is 13.5 Å². The van der Waals surface area contributed by atoms with Crippen LogP contribution in [0.25, 0.3) is 10.9 Å². The van der Waals surface area contributed by atoms with E-state index < -0.39 is 6.61 Å². The summed E-state index contributed by atoms with van der Waals surface area (Å²) in [5, 5.41) is 7.55. The van der Waals surface area contributed by atoms with Gasteiger partial charge in [-0.2, -0.15) is 8.78 Å². The predicted octanol–water partition coefficient (Wildman–Crippen LogP) is 4.64. The molecule has 0 aliphatic carbocycles. The third-order valence-electron chi connectivity index (χ3n) is 3.97. The molecule has 28 heavy (non-hydrogen) atoms. The number of alkyl halides is 2. The molecular formula is C20H23F2IN4O. The van der Waals surface area contributed by atoms with Gasteiger partial charge in [0.15, 0.2) is 5.96 Å². The summed E-state index contributed by atoms with van der Waals surface area (Å²) in [5.74, 6) is 0.741. The van der Waals surface area contributed by atoms with Crippen LogP contribution in [0.1, 0.15) is 18.2 Å². The van der Waals surface area contributed by atoms with E-state index in [0.717, 1.165) is 16.6 Å². The van der Waals surface area contributed by atoms with Crippen molar-refractivity contribution in [3.8, 4) is 5.75 Å². The number of H-pyrrole nitrogens is 1. The SMILES string of the molecule is CCNC(=NCc1ccccc1OC(F)F)NCc1cc2ccccc2[nH]1.I. The van der Waals surface area contributed by atoms with Crippen LogP contribution in [0.5, 0.6) is 5.75 Å². The summed E-state index contributed by atoms with van der Waals surface area (Å²) < 4.78 is 29.6. The number of para-hydroxylation sites is 2. The highest BCUT2D eigenvalue weighted by Gasteiger charge is 2.09. The molecule has 1 heterocycles. The van der Waals surface area contributed by atoms with E-state index in [1.54, 1.807) is 18.2 Å². The van der Waals surface area contributed by atoms with Gasteiger partial charge >= 0.3 is 6.61 Å². The van der Waals surface area contributed by atoms with Gasteiger partial charge in [-0.05, 0) is 30.5 Å².